The molecule has 0 aliphatic heterocycles. The summed E-state index contributed by atoms with van der Waals surface area (Å²) in [5.74, 6) is -2.17. The molecule has 0 unspecified atom stereocenters. The van der Waals surface area contributed by atoms with E-state index in [1.54, 1.807) is 26.0 Å². The molecule has 140 valence electrons. The lowest BCUT2D eigenvalue weighted by Crippen LogP contribution is -2.50. The van der Waals surface area contributed by atoms with E-state index < -0.39 is 23.4 Å². The fourth-order valence-corrected chi connectivity index (χ4v) is 3.73. The van der Waals surface area contributed by atoms with Crippen molar-refractivity contribution < 1.29 is 24.5 Å². The fraction of sp³-hybridized carbons (Fsp3) is 0.444. The zero-order valence-corrected chi connectivity index (χ0v) is 14.8. The molecule has 1 heterocycles. The minimum Gasteiger partial charge on any atom is -0.504 e. The van der Waals surface area contributed by atoms with Crippen molar-refractivity contribution in [3.8, 4) is 11.5 Å². The zero-order valence-electron chi connectivity index (χ0n) is 14.8. The minimum absolute atomic E-state index is 0.0605. The summed E-state index contributed by atoms with van der Waals surface area (Å²) < 4.78 is 10.3. The molecule has 2 aromatic rings. The second kappa shape index (κ2) is 6.53. The number of carbonyl (C=O) groups is 1. The number of H-pyrrole nitrogens is 2. The molecule has 0 amide bonds. The van der Waals surface area contributed by atoms with E-state index in [9.17, 15) is 19.8 Å². The number of hydrogen-bond acceptors (Lipinski definition) is 6. The fourth-order valence-electron chi connectivity index (χ4n) is 3.73. The molecule has 8 heteroatoms. The van der Waals surface area contributed by atoms with Crippen molar-refractivity contribution in [2.24, 2.45) is 5.92 Å². The van der Waals surface area contributed by atoms with Crippen molar-refractivity contribution in [1.82, 2.24) is 10.2 Å². The van der Waals surface area contributed by atoms with E-state index in [-0.39, 0.29) is 30.1 Å². The molecule has 0 bridgehead atoms. The second-order valence-corrected chi connectivity index (χ2v) is 6.64. The Morgan fingerprint density at radius 1 is 1.38 bits per heavy atom. The van der Waals surface area contributed by atoms with Crippen LogP contribution in [0.3, 0.4) is 0 Å². The standard InChI is InChI=1S/C18H22N2O6/c1-4-26-17(23)15-13(9-5-6-11(21)12(7-9)25-3)14-10(8-18(15,2)24)19-20-16(14)22/h5-7,13,15,21,24H,4,8H2,1-3H3,(H2,19,20,22)/t13-,15-,18-/m1/s1. The predicted molar refractivity (Wildman–Crippen MR) is 92.4 cm³/mol. The molecule has 8 nitrogen and oxygen atoms in total. The van der Waals surface area contributed by atoms with E-state index in [0.717, 1.165) is 0 Å². The highest BCUT2D eigenvalue weighted by molar-refractivity contribution is 5.77. The van der Waals surface area contributed by atoms with Gasteiger partial charge in [-0.25, -0.2) is 0 Å². The number of rotatable bonds is 4. The van der Waals surface area contributed by atoms with Crippen LogP contribution in [0.25, 0.3) is 0 Å². The summed E-state index contributed by atoms with van der Waals surface area (Å²) in [4.78, 5) is 25.1. The van der Waals surface area contributed by atoms with Gasteiger partial charge >= 0.3 is 5.97 Å². The molecule has 26 heavy (non-hydrogen) atoms. The molecular weight excluding hydrogens is 340 g/mol. The Morgan fingerprint density at radius 3 is 2.77 bits per heavy atom. The van der Waals surface area contributed by atoms with Crippen molar-refractivity contribution in [2.45, 2.75) is 31.8 Å². The van der Waals surface area contributed by atoms with Crippen LogP contribution in [0.2, 0.25) is 0 Å². The Balaban J connectivity index is 2.23. The number of aromatic amines is 2. The maximum Gasteiger partial charge on any atom is 0.312 e. The van der Waals surface area contributed by atoms with Crippen LogP contribution in [0.1, 0.15) is 36.6 Å². The first-order valence-corrected chi connectivity index (χ1v) is 8.35. The average molecular weight is 362 g/mol. The summed E-state index contributed by atoms with van der Waals surface area (Å²) in [5.41, 5.74) is -0.314. The third-order valence-electron chi connectivity index (χ3n) is 4.85. The lowest BCUT2D eigenvalue weighted by Gasteiger charge is -2.40. The summed E-state index contributed by atoms with van der Waals surface area (Å²) in [6.45, 7) is 3.39. The molecule has 1 aliphatic rings. The number of aromatic hydroxyl groups is 1. The first-order valence-electron chi connectivity index (χ1n) is 8.35. The molecule has 0 fully saturated rings. The van der Waals surface area contributed by atoms with Gasteiger partial charge in [0, 0.05) is 23.6 Å². The maximum absolute atomic E-state index is 12.7. The molecule has 3 atom stereocenters. The van der Waals surface area contributed by atoms with Crippen LogP contribution in [0.4, 0.5) is 0 Å². The summed E-state index contributed by atoms with van der Waals surface area (Å²) in [6.07, 6.45) is 0.107. The largest absolute Gasteiger partial charge is 0.504 e. The van der Waals surface area contributed by atoms with E-state index in [1.807, 2.05) is 0 Å². The van der Waals surface area contributed by atoms with Crippen LogP contribution in [-0.2, 0) is 16.0 Å². The third-order valence-corrected chi connectivity index (χ3v) is 4.85. The van der Waals surface area contributed by atoms with Crippen LogP contribution in [-0.4, -0.2) is 45.7 Å². The van der Waals surface area contributed by atoms with E-state index in [1.165, 1.54) is 13.2 Å². The quantitative estimate of drug-likeness (QED) is 0.602. The maximum atomic E-state index is 12.7. The number of fused-ring (bicyclic) bond motifs is 1. The predicted octanol–water partition coefficient (Wildman–Crippen LogP) is 1.04. The molecule has 4 N–H and O–H groups in total. The Morgan fingerprint density at radius 2 is 2.12 bits per heavy atom. The van der Waals surface area contributed by atoms with E-state index in [2.05, 4.69) is 10.2 Å². The number of hydrogen-bond donors (Lipinski definition) is 4. The normalized spacial score (nSPS) is 24.8. The Bertz CT molecular complexity index is 882. The molecule has 1 aromatic heterocycles. The number of esters is 1. The number of carbonyl (C=O) groups excluding carboxylic acids is 1. The van der Waals surface area contributed by atoms with E-state index >= 15 is 0 Å². The highest BCUT2D eigenvalue weighted by atomic mass is 16.5. The number of aliphatic hydroxyl groups is 1. The molecule has 0 radical (unpaired) electrons. The summed E-state index contributed by atoms with van der Waals surface area (Å²) >= 11 is 0. The van der Waals surface area contributed by atoms with E-state index in [0.29, 0.717) is 16.8 Å². The smallest absolute Gasteiger partial charge is 0.312 e. The van der Waals surface area contributed by atoms with Gasteiger partial charge < -0.3 is 24.8 Å². The summed E-state index contributed by atoms with van der Waals surface area (Å²) in [7, 11) is 1.41. The van der Waals surface area contributed by atoms with Gasteiger partial charge in [-0.15, -0.1) is 0 Å². The van der Waals surface area contributed by atoms with Gasteiger partial charge in [0.1, 0.15) is 0 Å². The third kappa shape index (κ3) is 2.86. The summed E-state index contributed by atoms with van der Waals surface area (Å²) in [5, 5.41) is 26.2. The van der Waals surface area contributed by atoms with Crippen molar-refractivity contribution in [2.75, 3.05) is 13.7 Å². The van der Waals surface area contributed by atoms with Gasteiger partial charge in [-0.05, 0) is 31.5 Å². The number of nitrogens with one attached hydrogen (secondary N) is 2. The van der Waals surface area contributed by atoms with Crippen LogP contribution >= 0.6 is 0 Å². The number of phenolic OH excluding ortho intramolecular Hbond substituents is 1. The monoisotopic (exact) mass is 362 g/mol. The lowest BCUT2D eigenvalue weighted by molar-refractivity contribution is -0.159. The summed E-state index contributed by atoms with van der Waals surface area (Å²) in [6, 6.07) is 4.59. The van der Waals surface area contributed by atoms with Crippen molar-refractivity contribution in [1.29, 1.82) is 0 Å². The molecule has 1 aliphatic carbocycles. The number of ether oxygens (including phenoxy) is 2. The molecule has 0 saturated heterocycles. The second-order valence-electron chi connectivity index (χ2n) is 6.64. The topological polar surface area (TPSA) is 125 Å². The average Bonchev–Trinajstić information content (AvgIpc) is 2.93. The van der Waals surface area contributed by atoms with Gasteiger partial charge in [0.25, 0.3) is 5.56 Å². The lowest BCUT2D eigenvalue weighted by atomic mass is 9.66. The SMILES string of the molecule is CCOC(=O)[C@H]1[C@H](c2ccc(O)c(OC)c2)c2c([nH][nH]c2=O)C[C@@]1(C)O. The van der Waals surface area contributed by atoms with Gasteiger partial charge in [0.15, 0.2) is 11.5 Å². The van der Waals surface area contributed by atoms with Gasteiger partial charge in [0.2, 0.25) is 0 Å². The number of aromatic nitrogens is 2. The minimum atomic E-state index is -1.43. The van der Waals surface area contributed by atoms with Crippen LogP contribution in [0.5, 0.6) is 11.5 Å². The van der Waals surface area contributed by atoms with E-state index in [4.69, 9.17) is 9.47 Å². The van der Waals surface area contributed by atoms with Gasteiger partial charge in [-0.2, -0.15) is 0 Å². The Labute approximate surface area is 149 Å². The zero-order chi connectivity index (χ0) is 19.1. The van der Waals surface area contributed by atoms with Crippen molar-refractivity contribution in [3.63, 3.8) is 0 Å². The van der Waals surface area contributed by atoms with Crippen molar-refractivity contribution >= 4 is 5.97 Å². The van der Waals surface area contributed by atoms with Gasteiger partial charge in [-0.3, -0.25) is 14.7 Å². The molecule has 0 saturated carbocycles. The van der Waals surface area contributed by atoms with Crippen LogP contribution < -0.4 is 10.3 Å². The molecule has 0 spiro atoms. The molecule has 3 rings (SSSR count). The highest BCUT2D eigenvalue weighted by Gasteiger charge is 2.51. The van der Waals surface area contributed by atoms with Crippen LogP contribution in [0, 0.1) is 5.92 Å². The Hall–Kier alpha value is -2.74. The first-order chi connectivity index (χ1) is 12.3. The molecular formula is C18H22N2O6. The van der Waals surface area contributed by atoms with Gasteiger partial charge in [-0.1, -0.05) is 6.07 Å². The first kappa shape index (κ1) is 18.1. The molecule has 1 aromatic carbocycles. The van der Waals surface area contributed by atoms with Crippen molar-refractivity contribution in [3.05, 3.63) is 45.4 Å². The van der Waals surface area contributed by atoms with Gasteiger partial charge in [0.05, 0.1) is 25.2 Å². The number of methoxy groups -OCH3 is 1. The number of benzene rings is 1. The Kier molecular flexibility index (Phi) is 4.53. The van der Waals surface area contributed by atoms with Crippen LogP contribution in [0.15, 0.2) is 23.0 Å². The number of phenols is 1. The highest BCUT2D eigenvalue weighted by Crippen LogP contribution is 2.45.